The number of rotatable bonds is 7. The Hall–Kier alpha value is -2.96. The number of para-hydroxylation sites is 1. The molecule has 7 heteroatoms. The zero-order valence-electron chi connectivity index (χ0n) is 20.1. The van der Waals surface area contributed by atoms with Crippen LogP contribution in [0.3, 0.4) is 0 Å². The van der Waals surface area contributed by atoms with Crippen molar-refractivity contribution in [1.29, 1.82) is 0 Å². The molecule has 0 radical (unpaired) electrons. The second-order valence-electron chi connectivity index (χ2n) is 8.92. The second-order valence-corrected chi connectivity index (χ2v) is 8.92. The van der Waals surface area contributed by atoms with Gasteiger partial charge in [-0.1, -0.05) is 18.2 Å². The summed E-state index contributed by atoms with van der Waals surface area (Å²) in [7, 11) is 0. The molecule has 2 aliphatic rings. The van der Waals surface area contributed by atoms with Gasteiger partial charge in [-0.2, -0.15) is 0 Å². The molecule has 1 fully saturated rings. The number of piperidine rings is 1. The first-order valence-electron chi connectivity index (χ1n) is 12.3. The van der Waals surface area contributed by atoms with E-state index in [2.05, 4.69) is 34.1 Å². The van der Waals surface area contributed by atoms with Gasteiger partial charge in [0, 0.05) is 51.0 Å². The molecule has 33 heavy (non-hydrogen) atoms. The van der Waals surface area contributed by atoms with Crippen LogP contribution in [0.1, 0.15) is 73.0 Å². The lowest BCUT2D eigenvalue weighted by Crippen LogP contribution is -2.41. The molecule has 2 amide bonds. The van der Waals surface area contributed by atoms with Crippen molar-refractivity contribution in [2.45, 2.75) is 58.9 Å². The van der Waals surface area contributed by atoms with Gasteiger partial charge in [0.1, 0.15) is 0 Å². The highest BCUT2D eigenvalue weighted by Crippen LogP contribution is 2.31. The number of fused-ring (bicyclic) bond motifs is 1. The third kappa shape index (κ3) is 4.87. The summed E-state index contributed by atoms with van der Waals surface area (Å²) in [6.45, 7) is 9.56. The maximum absolute atomic E-state index is 13.3. The SMILES string of the molecule is CCN(CC)C(=O)c1cnc(C2CCCCN2C(=O)CCN2CCc3ccccc32)nc1C. The van der Waals surface area contributed by atoms with Crippen molar-refractivity contribution in [1.82, 2.24) is 19.8 Å². The average Bonchev–Trinajstić information content (AvgIpc) is 3.26. The van der Waals surface area contributed by atoms with Crippen LogP contribution in [0.4, 0.5) is 5.69 Å². The highest BCUT2D eigenvalue weighted by Gasteiger charge is 2.31. The maximum Gasteiger partial charge on any atom is 0.257 e. The van der Waals surface area contributed by atoms with Crippen molar-refractivity contribution in [2.75, 3.05) is 37.6 Å². The Bertz CT molecular complexity index is 1000. The smallest absolute Gasteiger partial charge is 0.257 e. The molecule has 0 aliphatic carbocycles. The van der Waals surface area contributed by atoms with Gasteiger partial charge in [-0.15, -0.1) is 0 Å². The standard InChI is InChI=1S/C26H35N5O2/c1-4-29(5-2)26(33)21-18-27-25(28-19(21)3)23-12-8-9-15-31(23)24(32)14-17-30-16-13-20-10-6-7-11-22(20)30/h6-7,10-11,18,23H,4-5,8-9,12-17H2,1-3H3. The topological polar surface area (TPSA) is 69.6 Å². The first kappa shape index (κ1) is 23.2. The van der Waals surface area contributed by atoms with Crippen LogP contribution in [0, 0.1) is 6.92 Å². The van der Waals surface area contributed by atoms with E-state index in [9.17, 15) is 9.59 Å². The molecule has 1 unspecified atom stereocenters. The van der Waals surface area contributed by atoms with Gasteiger partial charge in [-0.25, -0.2) is 9.97 Å². The van der Waals surface area contributed by atoms with E-state index in [0.29, 0.717) is 36.6 Å². The molecule has 0 spiro atoms. The van der Waals surface area contributed by atoms with Gasteiger partial charge >= 0.3 is 0 Å². The van der Waals surface area contributed by atoms with Gasteiger partial charge < -0.3 is 14.7 Å². The molecular weight excluding hydrogens is 414 g/mol. The van der Waals surface area contributed by atoms with Crippen molar-refractivity contribution in [2.24, 2.45) is 0 Å². The zero-order valence-corrected chi connectivity index (χ0v) is 20.1. The summed E-state index contributed by atoms with van der Waals surface area (Å²) < 4.78 is 0. The largest absolute Gasteiger partial charge is 0.370 e. The van der Waals surface area contributed by atoms with Crippen LogP contribution in [0.2, 0.25) is 0 Å². The van der Waals surface area contributed by atoms with E-state index in [-0.39, 0.29) is 17.9 Å². The fourth-order valence-electron chi connectivity index (χ4n) is 5.05. The molecule has 0 N–H and O–H groups in total. The summed E-state index contributed by atoms with van der Waals surface area (Å²) in [4.78, 5) is 41.4. The molecule has 1 atom stereocenters. The van der Waals surface area contributed by atoms with Crippen molar-refractivity contribution < 1.29 is 9.59 Å². The van der Waals surface area contributed by atoms with E-state index >= 15 is 0 Å². The number of likely N-dealkylation sites (tertiary alicyclic amines) is 1. The van der Waals surface area contributed by atoms with Crippen LogP contribution in [0.15, 0.2) is 30.5 Å². The summed E-state index contributed by atoms with van der Waals surface area (Å²) in [5, 5.41) is 0. The molecule has 2 aliphatic heterocycles. The molecule has 7 nitrogen and oxygen atoms in total. The number of benzene rings is 1. The second kappa shape index (κ2) is 10.3. The minimum Gasteiger partial charge on any atom is -0.370 e. The van der Waals surface area contributed by atoms with Crippen molar-refractivity contribution >= 4 is 17.5 Å². The van der Waals surface area contributed by atoms with E-state index in [0.717, 1.165) is 45.3 Å². The molecule has 1 aromatic heterocycles. The maximum atomic E-state index is 13.3. The Morgan fingerprint density at radius 1 is 1.12 bits per heavy atom. The minimum absolute atomic E-state index is 0.0356. The fourth-order valence-corrected chi connectivity index (χ4v) is 5.05. The Labute approximate surface area is 196 Å². The van der Waals surface area contributed by atoms with Gasteiger partial charge in [0.2, 0.25) is 5.91 Å². The van der Waals surface area contributed by atoms with Crippen LogP contribution >= 0.6 is 0 Å². The van der Waals surface area contributed by atoms with Crippen LogP contribution in [-0.4, -0.2) is 64.3 Å². The number of anilines is 1. The number of hydrogen-bond acceptors (Lipinski definition) is 5. The highest BCUT2D eigenvalue weighted by molar-refractivity contribution is 5.94. The predicted molar refractivity (Wildman–Crippen MR) is 129 cm³/mol. The van der Waals surface area contributed by atoms with Gasteiger partial charge in [-0.05, 0) is 58.1 Å². The van der Waals surface area contributed by atoms with Crippen molar-refractivity contribution in [3.05, 3.63) is 53.1 Å². The quantitative estimate of drug-likeness (QED) is 0.644. The number of aromatic nitrogens is 2. The van der Waals surface area contributed by atoms with E-state index in [4.69, 9.17) is 4.98 Å². The van der Waals surface area contributed by atoms with E-state index < -0.39 is 0 Å². The minimum atomic E-state index is -0.117. The van der Waals surface area contributed by atoms with Gasteiger partial charge in [0.25, 0.3) is 5.91 Å². The molecule has 176 valence electrons. The molecule has 3 heterocycles. The number of aryl methyl sites for hydroxylation is 1. The summed E-state index contributed by atoms with van der Waals surface area (Å²) in [6.07, 6.45) is 6.10. The van der Waals surface area contributed by atoms with E-state index in [1.165, 1.54) is 11.3 Å². The fraction of sp³-hybridized carbons (Fsp3) is 0.538. The van der Waals surface area contributed by atoms with Crippen molar-refractivity contribution in [3.8, 4) is 0 Å². The lowest BCUT2D eigenvalue weighted by Gasteiger charge is -2.35. The lowest BCUT2D eigenvalue weighted by molar-refractivity contribution is -0.135. The number of hydrogen-bond donors (Lipinski definition) is 0. The normalized spacial score (nSPS) is 17.7. The summed E-state index contributed by atoms with van der Waals surface area (Å²) in [6, 6.07) is 8.34. The third-order valence-electron chi connectivity index (χ3n) is 6.98. The average molecular weight is 450 g/mol. The first-order chi connectivity index (χ1) is 16.0. The number of amides is 2. The summed E-state index contributed by atoms with van der Waals surface area (Å²) in [5.41, 5.74) is 3.85. The Morgan fingerprint density at radius 3 is 2.67 bits per heavy atom. The molecule has 1 saturated heterocycles. The Kier molecular flexibility index (Phi) is 7.26. The van der Waals surface area contributed by atoms with Gasteiger partial charge in [-0.3, -0.25) is 9.59 Å². The predicted octanol–water partition coefficient (Wildman–Crippen LogP) is 3.77. The van der Waals surface area contributed by atoms with Crippen LogP contribution in [0.25, 0.3) is 0 Å². The van der Waals surface area contributed by atoms with Crippen LogP contribution < -0.4 is 4.90 Å². The van der Waals surface area contributed by atoms with Crippen LogP contribution in [0.5, 0.6) is 0 Å². The number of carbonyl (C=O) groups is 2. The van der Waals surface area contributed by atoms with Crippen molar-refractivity contribution in [3.63, 3.8) is 0 Å². The molecule has 0 saturated carbocycles. The summed E-state index contributed by atoms with van der Waals surface area (Å²) >= 11 is 0. The zero-order chi connectivity index (χ0) is 23.4. The number of nitrogens with zero attached hydrogens (tertiary/aromatic N) is 5. The highest BCUT2D eigenvalue weighted by atomic mass is 16.2. The molecular formula is C26H35N5O2. The van der Waals surface area contributed by atoms with Gasteiger partial charge in [0.05, 0.1) is 17.3 Å². The summed E-state index contributed by atoms with van der Waals surface area (Å²) in [5.74, 6) is 0.781. The van der Waals surface area contributed by atoms with E-state index in [1.807, 2.05) is 25.7 Å². The number of carbonyl (C=O) groups excluding carboxylic acids is 2. The molecule has 4 rings (SSSR count). The molecule has 1 aromatic carbocycles. The van der Waals surface area contributed by atoms with Gasteiger partial charge in [0.15, 0.2) is 5.82 Å². The molecule has 2 aromatic rings. The van der Waals surface area contributed by atoms with Crippen LogP contribution in [-0.2, 0) is 11.2 Å². The Balaban J connectivity index is 1.45. The Morgan fingerprint density at radius 2 is 1.91 bits per heavy atom. The monoisotopic (exact) mass is 449 g/mol. The first-order valence-corrected chi connectivity index (χ1v) is 12.3. The lowest BCUT2D eigenvalue weighted by atomic mass is 10.0. The van der Waals surface area contributed by atoms with E-state index in [1.54, 1.807) is 11.1 Å². The molecule has 0 bridgehead atoms. The third-order valence-corrected chi connectivity index (χ3v) is 6.98.